The van der Waals surface area contributed by atoms with E-state index < -0.39 is 6.10 Å². The van der Waals surface area contributed by atoms with E-state index in [1.54, 1.807) is 0 Å². The van der Waals surface area contributed by atoms with Crippen LogP contribution in [0.15, 0.2) is 36.5 Å². The van der Waals surface area contributed by atoms with Crippen LogP contribution in [0.3, 0.4) is 0 Å². The molecule has 1 aliphatic rings. The molecular weight excluding hydrogens is 354 g/mol. The van der Waals surface area contributed by atoms with E-state index in [0.717, 1.165) is 24.1 Å². The third kappa shape index (κ3) is 6.40. The largest absolute Gasteiger partial charge is 0.388 e. The molecule has 3 rings (SSSR count). The van der Waals surface area contributed by atoms with Gasteiger partial charge >= 0.3 is 0 Å². The summed E-state index contributed by atoms with van der Waals surface area (Å²) in [4.78, 5) is 0. The second kappa shape index (κ2) is 11.3. The predicted octanol–water partition coefficient (Wildman–Crippen LogP) is 3.53. The molecule has 0 saturated carbocycles. The minimum atomic E-state index is -0.611. The summed E-state index contributed by atoms with van der Waals surface area (Å²) >= 11 is 0. The van der Waals surface area contributed by atoms with Gasteiger partial charge in [0.25, 0.3) is 0 Å². The van der Waals surface area contributed by atoms with Crippen LogP contribution in [0.25, 0.3) is 0 Å². The van der Waals surface area contributed by atoms with Crippen molar-refractivity contribution in [2.75, 3.05) is 6.61 Å². The van der Waals surface area contributed by atoms with Gasteiger partial charge in [0.05, 0.1) is 25.5 Å². The van der Waals surface area contributed by atoms with Crippen molar-refractivity contribution in [1.82, 2.24) is 15.0 Å². The van der Waals surface area contributed by atoms with E-state index in [4.69, 9.17) is 9.47 Å². The van der Waals surface area contributed by atoms with Crippen LogP contribution in [-0.2, 0) is 29.0 Å². The van der Waals surface area contributed by atoms with Crippen molar-refractivity contribution in [3.05, 3.63) is 47.8 Å². The van der Waals surface area contributed by atoms with E-state index in [2.05, 4.69) is 17.2 Å². The number of aromatic nitrogens is 3. The van der Waals surface area contributed by atoms with Crippen molar-refractivity contribution in [2.24, 2.45) is 0 Å². The predicted molar refractivity (Wildman–Crippen MR) is 108 cm³/mol. The highest BCUT2D eigenvalue weighted by Crippen LogP contribution is 2.21. The molecule has 0 unspecified atom stereocenters. The second-order valence-electron chi connectivity index (χ2n) is 7.65. The summed E-state index contributed by atoms with van der Waals surface area (Å²) in [7, 11) is 0. The van der Waals surface area contributed by atoms with Crippen LogP contribution in [0.5, 0.6) is 0 Å². The van der Waals surface area contributed by atoms with Gasteiger partial charge in [-0.3, -0.25) is 0 Å². The van der Waals surface area contributed by atoms with Crippen molar-refractivity contribution in [3.8, 4) is 0 Å². The second-order valence-corrected chi connectivity index (χ2v) is 7.65. The van der Waals surface area contributed by atoms with Gasteiger partial charge in [0.2, 0.25) is 0 Å². The van der Waals surface area contributed by atoms with Gasteiger partial charge in [-0.05, 0) is 18.4 Å². The Labute approximate surface area is 167 Å². The van der Waals surface area contributed by atoms with Crippen molar-refractivity contribution >= 4 is 0 Å². The summed E-state index contributed by atoms with van der Waals surface area (Å²) < 4.78 is 13.5. The third-order valence-electron chi connectivity index (χ3n) is 5.25. The first kappa shape index (κ1) is 21.0. The van der Waals surface area contributed by atoms with Crippen molar-refractivity contribution in [2.45, 2.75) is 83.3 Å². The Bertz CT molecular complexity index is 677. The number of aliphatic hydroxyl groups excluding tert-OH is 1. The van der Waals surface area contributed by atoms with E-state index in [0.29, 0.717) is 19.8 Å². The summed E-state index contributed by atoms with van der Waals surface area (Å²) in [6.45, 7) is 3.54. The van der Waals surface area contributed by atoms with E-state index in [-0.39, 0.29) is 12.2 Å². The normalized spacial score (nSPS) is 22.0. The maximum atomic E-state index is 10.2. The molecule has 1 aliphatic heterocycles. The zero-order valence-electron chi connectivity index (χ0n) is 16.9. The highest BCUT2D eigenvalue weighted by molar-refractivity contribution is 5.13. The molecule has 2 aromatic rings. The number of unbranched alkanes of at least 4 members (excludes halogenated alkanes) is 5. The first-order chi connectivity index (χ1) is 13.8. The van der Waals surface area contributed by atoms with Gasteiger partial charge in [0.1, 0.15) is 18.3 Å². The fourth-order valence-electron chi connectivity index (χ4n) is 3.61. The van der Waals surface area contributed by atoms with Crippen LogP contribution in [0, 0.1) is 0 Å². The number of hydrogen-bond donors (Lipinski definition) is 1. The smallest absolute Gasteiger partial charge is 0.114 e. The Hall–Kier alpha value is -1.76. The molecular formula is C22H33N3O3. The van der Waals surface area contributed by atoms with Gasteiger partial charge in [-0.15, -0.1) is 5.10 Å². The molecule has 2 heterocycles. The van der Waals surface area contributed by atoms with E-state index in [9.17, 15) is 5.11 Å². The molecule has 0 spiro atoms. The molecule has 1 saturated heterocycles. The number of benzene rings is 1. The summed E-state index contributed by atoms with van der Waals surface area (Å²) in [5, 5.41) is 18.7. The van der Waals surface area contributed by atoms with E-state index in [1.165, 1.54) is 32.1 Å². The van der Waals surface area contributed by atoms with Crippen LogP contribution in [0.4, 0.5) is 0 Å². The average Bonchev–Trinajstić information content (AvgIpc) is 3.30. The van der Waals surface area contributed by atoms with Gasteiger partial charge in [0.15, 0.2) is 0 Å². The maximum Gasteiger partial charge on any atom is 0.114 e. The summed E-state index contributed by atoms with van der Waals surface area (Å²) in [6.07, 6.45) is 9.42. The zero-order chi connectivity index (χ0) is 19.6. The van der Waals surface area contributed by atoms with Gasteiger partial charge < -0.3 is 14.6 Å². The summed E-state index contributed by atoms with van der Waals surface area (Å²) in [6, 6.07) is 9.98. The lowest BCUT2D eigenvalue weighted by molar-refractivity contribution is -0.0513. The third-order valence-corrected chi connectivity index (χ3v) is 5.25. The number of hydrogen-bond acceptors (Lipinski definition) is 5. The summed E-state index contributed by atoms with van der Waals surface area (Å²) in [5.41, 5.74) is 2.11. The number of aryl methyl sites for hydroxylation is 1. The standard InChI is InChI=1S/C22H33N3O3/c1-2-3-4-5-6-10-13-19-14-25(24-23-19)15-21-22(20(26)17-27-21)28-16-18-11-8-7-9-12-18/h7-9,11-12,14,20-22,26H,2-6,10,13,15-17H2,1H3/t20-,21+,22-/m1/s1. The molecule has 6 nitrogen and oxygen atoms in total. The number of ether oxygens (including phenoxy) is 2. The average molecular weight is 388 g/mol. The maximum absolute atomic E-state index is 10.2. The minimum Gasteiger partial charge on any atom is -0.388 e. The lowest BCUT2D eigenvalue weighted by Gasteiger charge is -2.20. The Morgan fingerprint density at radius 2 is 1.93 bits per heavy atom. The van der Waals surface area contributed by atoms with Crippen molar-refractivity contribution < 1.29 is 14.6 Å². The quantitative estimate of drug-likeness (QED) is 0.564. The number of nitrogens with zero attached hydrogens (tertiary/aromatic N) is 3. The molecule has 0 bridgehead atoms. The van der Waals surface area contributed by atoms with Crippen molar-refractivity contribution in [3.63, 3.8) is 0 Å². The Morgan fingerprint density at radius 3 is 2.75 bits per heavy atom. The van der Waals surface area contributed by atoms with Crippen molar-refractivity contribution in [1.29, 1.82) is 0 Å². The molecule has 154 valence electrons. The molecule has 1 aromatic carbocycles. The number of aliphatic hydroxyl groups is 1. The minimum absolute atomic E-state index is 0.220. The number of rotatable bonds is 12. The lowest BCUT2D eigenvalue weighted by atomic mass is 10.1. The topological polar surface area (TPSA) is 69.4 Å². The molecule has 0 aliphatic carbocycles. The molecule has 28 heavy (non-hydrogen) atoms. The Morgan fingerprint density at radius 1 is 1.14 bits per heavy atom. The molecule has 1 N–H and O–H groups in total. The zero-order valence-corrected chi connectivity index (χ0v) is 16.9. The van der Waals surface area contributed by atoms with Gasteiger partial charge in [-0.25, -0.2) is 4.68 Å². The fraction of sp³-hybridized carbons (Fsp3) is 0.636. The van der Waals surface area contributed by atoms with Crippen LogP contribution >= 0.6 is 0 Å². The van der Waals surface area contributed by atoms with Crippen LogP contribution in [-0.4, -0.2) is 45.0 Å². The molecule has 1 aromatic heterocycles. The molecule has 3 atom stereocenters. The fourth-order valence-corrected chi connectivity index (χ4v) is 3.61. The van der Waals surface area contributed by atoms with Gasteiger partial charge in [-0.1, -0.05) is 74.6 Å². The van der Waals surface area contributed by atoms with Crippen LogP contribution < -0.4 is 0 Å². The van der Waals surface area contributed by atoms with E-state index >= 15 is 0 Å². The highest BCUT2D eigenvalue weighted by atomic mass is 16.6. The van der Waals surface area contributed by atoms with Gasteiger partial charge in [-0.2, -0.15) is 0 Å². The van der Waals surface area contributed by atoms with Crippen LogP contribution in [0.1, 0.15) is 56.7 Å². The first-order valence-corrected chi connectivity index (χ1v) is 10.6. The summed E-state index contributed by atoms with van der Waals surface area (Å²) in [5.74, 6) is 0. The highest BCUT2D eigenvalue weighted by Gasteiger charge is 2.37. The van der Waals surface area contributed by atoms with E-state index in [1.807, 2.05) is 41.2 Å². The lowest BCUT2D eigenvalue weighted by Crippen LogP contribution is -2.35. The Balaban J connectivity index is 1.44. The Kier molecular flexibility index (Phi) is 8.45. The molecule has 0 radical (unpaired) electrons. The monoisotopic (exact) mass is 387 g/mol. The molecule has 6 heteroatoms. The molecule has 0 amide bonds. The van der Waals surface area contributed by atoms with Crippen LogP contribution in [0.2, 0.25) is 0 Å². The SMILES string of the molecule is CCCCCCCCc1cn(C[C@@H]2OC[C@@H](O)[C@H]2OCc2ccccc2)nn1. The van der Waals surface area contributed by atoms with Gasteiger partial charge in [0, 0.05) is 6.20 Å². The molecule has 1 fully saturated rings. The first-order valence-electron chi connectivity index (χ1n) is 10.6.